The third-order valence-electron chi connectivity index (χ3n) is 3.27. The van der Waals surface area contributed by atoms with Crippen molar-refractivity contribution in [1.82, 2.24) is 5.32 Å². The van der Waals surface area contributed by atoms with E-state index < -0.39 is 0 Å². The van der Waals surface area contributed by atoms with E-state index in [0.29, 0.717) is 16.7 Å². The monoisotopic (exact) mass is 480 g/mol. The van der Waals surface area contributed by atoms with Crippen LogP contribution in [0.25, 0.3) is 6.08 Å². The highest BCUT2D eigenvalue weighted by molar-refractivity contribution is 9.10. The fraction of sp³-hybridized carbons (Fsp3) is 0.111. The molecule has 1 saturated heterocycles. The Hall–Kier alpha value is -1.57. The maximum absolute atomic E-state index is 12.2. The number of halogens is 2. The van der Waals surface area contributed by atoms with Crippen molar-refractivity contribution in [3.8, 4) is 5.75 Å². The fourth-order valence-electron chi connectivity index (χ4n) is 2.17. The molecule has 0 spiro atoms. The first-order valence-corrected chi connectivity index (χ1v) is 9.93. The summed E-state index contributed by atoms with van der Waals surface area (Å²) in [6.45, 7) is 2.49. The Balaban J connectivity index is 1.86. The van der Waals surface area contributed by atoms with Crippen molar-refractivity contribution in [2.45, 2.75) is 6.92 Å². The summed E-state index contributed by atoms with van der Waals surface area (Å²) < 4.78 is 7.54. The van der Waals surface area contributed by atoms with Crippen LogP contribution in [0.1, 0.15) is 12.5 Å². The average Bonchev–Trinajstić information content (AvgIpc) is 2.92. The van der Waals surface area contributed by atoms with Crippen LogP contribution in [0, 0.1) is 0 Å². The zero-order valence-electron chi connectivity index (χ0n) is 13.3. The van der Waals surface area contributed by atoms with Gasteiger partial charge in [-0.2, -0.15) is 0 Å². The summed E-state index contributed by atoms with van der Waals surface area (Å²) in [6.07, 6.45) is 1.82. The Kier molecular flexibility index (Phi) is 5.98. The van der Waals surface area contributed by atoms with Crippen LogP contribution in [0.2, 0.25) is 0 Å². The highest BCUT2D eigenvalue weighted by Crippen LogP contribution is 2.32. The minimum atomic E-state index is -0.164. The molecule has 1 heterocycles. The number of hydrogen-bond acceptors (Lipinski definition) is 4. The summed E-state index contributed by atoms with van der Waals surface area (Å²) in [7, 11) is 0. The van der Waals surface area contributed by atoms with E-state index in [2.05, 4.69) is 42.2 Å². The number of amides is 1. The van der Waals surface area contributed by atoms with Crippen molar-refractivity contribution in [2.24, 2.45) is 4.99 Å². The van der Waals surface area contributed by atoms with Gasteiger partial charge in [-0.05, 0) is 67.2 Å². The van der Waals surface area contributed by atoms with E-state index in [9.17, 15) is 4.79 Å². The second kappa shape index (κ2) is 8.21. The summed E-state index contributed by atoms with van der Waals surface area (Å²) in [6, 6.07) is 13.3. The maximum atomic E-state index is 12.2. The molecule has 0 bridgehead atoms. The Labute approximate surface area is 167 Å². The number of nitrogens with zero attached hydrogens (tertiary/aromatic N) is 1. The second-order valence-electron chi connectivity index (χ2n) is 5.07. The first kappa shape index (κ1) is 18.2. The van der Waals surface area contributed by atoms with Crippen molar-refractivity contribution in [1.29, 1.82) is 0 Å². The normalized spacial score (nSPS) is 17.2. The van der Waals surface area contributed by atoms with Gasteiger partial charge < -0.3 is 10.1 Å². The van der Waals surface area contributed by atoms with Crippen LogP contribution in [0.3, 0.4) is 0 Å². The van der Waals surface area contributed by atoms with E-state index in [1.54, 1.807) is 0 Å². The SMILES string of the molecule is CCOc1ccc(Br)cc1/C=C1\SC(=Nc2ccc(Br)cc2)NC1=O. The molecule has 3 rings (SSSR count). The molecule has 25 heavy (non-hydrogen) atoms. The molecule has 128 valence electrons. The van der Waals surface area contributed by atoms with Crippen LogP contribution < -0.4 is 10.1 Å². The summed E-state index contributed by atoms with van der Waals surface area (Å²) in [4.78, 5) is 17.3. The number of thioether (sulfide) groups is 1. The molecule has 0 aromatic heterocycles. The van der Waals surface area contributed by atoms with Crippen LogP contribution in [-0.2, 0) is 4.79 Å². The average molecular weight is 482 g/mol. The molecule has 0 atom stereocenters. The van der Waals surface area contributed by atoms with Gasteiger partial charge in [0.05, 0.1) is 17.2 Å². The Morgan fingerprint density at radius 1 is 1.16 bits per heavy atom. The molecule has 0 saturated carbocycles. The molecule has 1 amide bonds. The predicted molar refractivity (Wildman–Crippen MR) is 110 cm³/mol. The Morgan fingerprint density at radius 3 is 2.60 bits per heavy atom. The van der Waals surface area contributed by atoms with E-state index >= 15 is 0 Å². The summed E-state index contributed by atoms with van der Waals surface area (Å²) in [5.74, 6) is 0.577. The number of benzene rings is 2. The highest BCUT2D eigenvalue weighted by atomic mass is 79.9. The number of rotatable bonds is 4. The summed E-state index contributed by atoms with van der Waals surface area (Å²) in [5, 5.41) is 3.36. The predicted octanol–water partition coefficient (Wildman–Crippen LogP) is 5.50. The van der Waals surface area contributed by atoms with Crippen LogP contribution in [0.15, 0.2) is 61.3 Å². The fourth-order valence-corrected chi connectivity index (χ4v) is 3.65. The van der Waals surface area contributed by atoms with Gasteiger partial charge in [0.25, 0.3) is 5.91 Å². The first-order chi connectivity index (χ1) is 12.0. The molecule has 2 aromatic rings. The lowest BCUT2D eigenvalue weighted by Crippen LogP contribution is -2.19. The number of nitrogens with one attached hydrogen (secondary N) is 1. The van der Waals surface area contributed by atoms with Crippen LogP contribution in [0.5, 0.6) is 5.75 Å². The van der Waals surface area contributed by atoms with E-state index in [-0.39, 0.29) is 5.91 Å². The zero-order chi connectivity index (χ0) is 17.8. The van der Waals surface area contributed by atoms with E-state index in [1.165, 1.54) is 11.8 Å². The molecule has 4 nitrogen and oxygen atoms in total. The summed E-state index contributed by atoms with van der Waals surface area (Å²) >= 11 is 8.16. The van der Waals surface area contributed by atoms with Gasteiger partial charge in [-0.1, -0.05) is 31.9 Å². The van der Waals surface area contributed by atoms with Gasteiger partial charge in [0, 0.05) is 14.5 Å². The van der Waals surface area contributed by atoms with Crippen molar-refractivity contribution < 1.29 is 9.53 Å². The molecule has 0 aliphatic carbocycles. The van der Waals surface area contributed by atoms with Gasteiger partial charge in [0.1, 0.15) is 5.75 Å². The number of carbonyl (C=O) groups is 1. The van der Waals surface area contributed by atoms with Crippen molar-refractivity contribution in [3.63, 3.8) is 0 Å². The van der Waals surface area contributed by atoms with Gasteiger partial charge in [-0.15, -0.1) is 0 Å². The highest BCUT2D eigenvalue weighted by Gasteiger charge is 2.24. The number of carbonyl (C=O) groups excluding carboxylic acids is 1. The number of hydrogen-bond donors (Lipinski definition) is 1. The van der Waals surface area contributed by atoms with Crippen molar-refractivity contribution in [2.75, 3.05) is 6.61 Å². The standard InChI is InChI=1S/C18H14Br2N2O2S/c1-2-24-15-8-5-13(20)9-11(15)10-16-17(23)22-18(25-16)21-14-6-3-12(19)4-7-14/h3-10H,2H2,1H3,(H,21,22,23)/b16-10-. The number of amidine groups is 1. The van der Waals surface area contributed by atoms with E-state index in [0.717, 1.165) is 25.9 Å². The zero-order valence-corrected chi connectivity index (χ0v) is 17.2. The quantitative estimate of drug-likeness (QED) is 0.586. The molecule has 1 fully saturated rings. The summed E-state index contributed by atoms with van der Waals surface area (Å²) in [5.41, 5.74) is 1.63. The molecule has 1 aliphatic heterocycles. The van der Waals surface area contributed by atoms with Gasteiger partial charge in [0.15, 0.2) is 5.17 Å². The van der Waals surface area contributed by atoms with Crippen LogP contribution in [-0.4, -0.2) is 17.7 Å². The number of ether oxygens (including phenoxy) is 1. The van der Waals surface area contributed by atoms with Crippen molar-refractivity contribution >= 4 is 66.5 Å². The van der Waals surface area contributed by atoms with E-state index in [1.807, 2.05) is 55.5 Å². The topological polar surface area (TPSA) is 50.7 Å². The van der Waals surface area contributed by atoms with Gasteiger partial charge in [-0.3, -0.25) is 4.79 Å². The van der Waals surface area contributed by atoms with Crippen LogP contribution in [0.4, 0.5) is 5.69 Å². The maximum Gasteiger partial charge on any atom is 0.264 e. The minimum Gasteiger partial charge on any atom is -0.493 e. The molecular weight excluding hydrogens is 468 g/mol. The second-order valence-corrected chi connectivity index (χ2v) is 7.94. The molecular formula is C18H14Br2N2O2S. The third-order valence-corrected chi connectivity index (χ3v) is 5.20. The molecule has 7 heteroatoms. The molecule has 0 unspecified atom stereocenters. The molecule has 0 radical (unpaired) electrons. The molecule has 1 N–H and O–H groups in total. The smallest absolute Gasteiger partial charge is 0.264 e. The lowest BCUT2D eigenvalue weighted by Gasteiger charge is -2.07. The lowest BCUT2D eigenvalue weighted by atomic mass is 10.2. The van der Waals surface area contributed by atoms with Crippen molar-refractivity contribution in [3.05, 3.63) is 61.9 Å². The van der Waals surface area contributed by atoms with Gasteiger partial charge in [0.2, 0.25) is 0 Å². The lowest BCUT2D eigenvalue weighted by molar-refractivity contribution is -0.115. The molecule has 1 aliphatic rings. The van der Waals surface area contributed by atoms with Crippen LogP contribution >= 0.6 is 43.6 Å². The van der Waals surface area contributed by atoms with Gasteiger partial charge in [-0.25, -0.2) is 4.99 Å². The van der Waals surface area contributed by atoms with Gasteiger partial charge >= 0.3 is 0 Å². The minimum absolute atomic E-state index is 0.164. The molecule has 2 aromatic carbocycles. The Morgan fingerprint density at radius 2 is 1.88 bits per heavy atom. The van der Waals surface area contributed by atoms with E-state index in [4.69, 9.17) is 4.74 Å². The number of aliphatic imine (C=N–C) groups is 1. The third kappa shape index (κ3) is 4.74. The Bertz CT molecular complexity index is 864. The first-order valence-electron chi connectivity index (χ1n) is 7.52. The largest absolute Gasteiger partial charge is 0.493 e.